The van der Waals surface area contributed by atoms with E-state index < -0.39 is 0 Å². The zero-order valence-electron chi connectivity index (χ0n) is 15.5. The van der Waals surface area contributed by atoms with Crippen molar-refractivity contribution in [1.82, 2.24) is 20.4 Å². The van der Waals surface area contributed by atoms with Crippen molar-refractivity contribution in [2.24, 2.45) is 12.0 Å². The van der Waals surface area contributed by atoms with E-state index in [4.69, 9.17) is 9.41 Å². The Hall–Kier alpha value is -2.50. The average molecular weight is 343 g/mol. The lowest BCUT2D eigenvalue weighted by Crippen LogP contribution is -2.38. The Balaban J connectivity index is 2.04. The quantitative estimate of drug-likeness (QED) is 0.417. The molecule has 0 aromatic carbocycles. The molecule has 0 radical (unpaired) electrons. The number of aromatic nitrogens is 2. The van der Waals surface area contributed by atoms with Crippen LogP contribution in [0.1, 0.15) is 36.6 Å². The Kier molecular flexibility index (Phi) is 7.32. The lowest BCUT2D eigenvalue weighted by atomic mass is 10.1. The predicted molar refractivity (Wildman–Crippen MR) is 102 cm³/mol. The van der Waals surface area contributed by atoms with Gasteiger partial charge in [-0.25, -0.2) is 4.99 Å². The monoisotopic (exact) mass is 343 g/mol. The lowest BCUT2D eigenvalue weighted by molar-refractivity contribution is 0.507. The highest BCUT2D eigenvalue weighted by Gasteiger charge is 2.13. The van der Waals surface area contributed by atoms with E-state index in [0.717, 1.165) is 43.2 Å². The Morgan fingerprint density at radius 1 is 1.36 bits per heavy atom. The molecule has 0 fully saturated rings. The van der Waals surface area contributed by atoms with Crippen LogP contribution in [0.4, 0.5) is 0 Å². The van der Waals surface area contributed by atoms with E-state index in [0.29, 0.717) is 13.1 Å². The second-order valence-electron chi connectivity index (χ2n) is 5.79. The van der Waals surface area contributed by atoms with Crippen LogP contribution in [0, 0.1) is 0 Å². The summed E-state index contributed by atoms with van der Waals surface area (Å²) in [6, 6.07) is 3.88. The number of hydrogen-bond acceptors (Lipinski definition) is 3. The maximum Gasteiger partial charge on any atom is 0.191 e. The first-order valence-corrected chi connectivity index (χ1v) is 8.88. The molecule has 2 aromatic heterocycles. The Morgan fingerprint density at radius 2 is 2.20 bits per heavy atom. The third kappa shape index (κ3) is 5.24. The largest absolute Gasteiger partial charge is 0.469 e. The fourth-order valence-corrected chi connectivity index (χ4v) is 2.83. The number of guanidine groups is 1. The molecule has 2 heterocycles. The number of furan rings is 1. The molecule has 0 aliphatic rings. The molecule has 0 aliphatic heterocycles. The predicted octanol–water partition coefficient (Wildman–Crippen LogP) is 2.60. The number of nitrogens with zero attached hydrogens (tertiary/aromatic N) is 3. The van der Waals surface area contributed by atoms with Crippen LogP contribution in [0.2, 0.25) is 0 Å². The fraction of sp³-hybridized carbons (Fsp3) is 0.474. The molecule has 0 saturated heterocycles. The molecule has 0 saturated carbocycles. The summed E-state index contributed by atoms with van der Waals surface area (Å²) in [6.45, 7) is 10.1. The number of rotatable bonds is 9. The summed E-state index contributed by atoms with van der Waals surface area (Å²) in [5.41, 5.74) is 3.61. The third-order valence-corrected chi connectivity index (χ3v) is 4.08. The molecule has 6 nitrogen and oxygen atoms in total. The van der Waals surface area contributed by atoms with Crippen molar-refractivity contribution in [2.45, 2.75) is 39.7 Å². The molecule has 2 N–H and O–H groups in total. The van der Waals surface area contributed by atoms with Crippen molar-refractivity contribution in [3.05, 3.63) is 53.8 Å². The smallest absolute Gasteiger partial charge is 0.191 e. The van der Waals surface area contributed by atoms with E-state index in [-0.39, 0.29) is 0 Å². The highest BCUT2D eigenvalue weighted by atomic mass is 16.3. The van der Waals surface area contributed by atoms with Gasteiger partial charge in [-0.05, 0) is 25.0 Å². The van der Waals surface area contributed by atoms with E-state index in [1.807, 2.05) is 29.9 Å². The standard InChI is InChI=1S/C19H29N5O/c1-5-11-20-19(21-12-10-15-9-8-13-25-15)22-14-16-17(6-2)23-24(4)18(16)7-3/h5,8-9,13H,1,6-7,10-12,14H2,2-4H3,(H2,20,21,22). The molecule has 2 aromatic rings. The summed E-state index contributed by atoms with van der Waals surface area (Å²) >= 11 is 0. The number of aryl methyl sites for hydroxylation is 2. The van der Waals surface area contributed by atoms with Gasteiger partial charge in [0.1, 0.15) is 5.76 Å². The van der Waals surface area contributed by atoms with Gasteiger partial charge < -0.3 is 15.1 Å². The van der Waals surface area contributed by atoms with Gasteiger partial charge in [0.25, 0.3) is 0 Å². The Labute approximate surface area is 150 Å². The lowest BCUT2D eigenvalue weighted by Gasteiger charge is -2.11. The van der Waals surface area contributed by atoms with Gasteiger partial charge in [0, 0.05) is 37.8 Å². The summed E-state index contributed by atoms with van der Waals surface area (Å²) in [6.07, 6.45) is 6.20. The molecule has 6 heteroatoms. The van der Waals surface area contributed by atoms with Crippen LogP contribution in [0.5, 0.6) is 0 Å². The number of nitrogens with one attached hydrogen (secondary N) is 2. The van der Waals surface area contributed by atoms with E-state index in [9.17, 15) is 0 Å². The average Bonchev–Trinajstić information content (AvgIpc) is 3.23. The van der Waals surface area contributed by atoms with Crippen molar-refractivity contribution in [3.63, 3.8) is 0 Å². The van der Waals surface area contributed by atoms with Gasteiger partial charge in [-0.1, -0.05) is 19.9 Å². The third-order valence-electron chi connectivity index (χ3n) is 4.08. The SMILES string of the molecule is C=CCNC(=NCc1c(CC)nn(C)c1CC)NCCc1ccco1. The molecule has 25 heavy (non-hydrogen) atoms. The number of hydrogen-bond donors (Lipinski definition) is 2. The zero-order valence-corrected chi connectivity index (χ0v) is 15.5. The van der Waals surface area contributed by atoms with Gasteiger partial charge in [0.15, 0.2) is 5.96 Å². The van der Waals surface area contributed by atoms with Crippen LogP contribution >= 0.6 is 0 Å². The van der Waals surface area contributed by atoms with Crippen LogP contribution in [0.15, 0.2) is 40.5 Å². The van der Waals surface area contributed by atoms with Crippen LogP contribution < -0.4 is 10.6 Å². The molecule has 0 aliphatic carbocycles. The topological polar surface area (TPSA) is 67.4 Å². The van der Waals surface area contributed by atoms with Crippen LogP contribution in [0.3, 0.4) is 0 Å². The summed E-state index contributed by atoms with van der Waals surface area (Å²) in [5, 5.41) is 11.2. The second kappa shape index (κ2) is 9.71. The molecule has 0 bridgehead atoms. The van der Waals surface area contributed by atoms with Gasteiger partial charge in [-0.2, -0.15) is 5.10 Å². The molecule has 0 spiro atoms. The molecule has 136 valence electrons. The molecule has 2 rings (SSSR count). The summed E-state index contributed by atoms with van der Waals surface area (Å²) < 4.78 is 7.34. The maximum absolute atomic E-state index is 5.36. The van der Waals surface area contributed by atoms with E-state index in [1.165, 1.54) is 11.3 Å². The minimum absolute atomic E-state index is 0.618. The van der Waals surface area contributed by atoms with Crippen molar-refractivity contribution >= 4 is 5.96 Å². The van der Waals surface area contributed by atoms with Gasteiger partial charge in [-0.3, -0.25) is 4.68 Å². The molecule has 0 atom stereocenters. The minimum atomic E-state index is 0.618. The first-order valence-electron chi connectivity index (χ1n) is 8.88. The molecular weight excluding hydrogens is 314 g/mol. The van der Waals surface area contributed by atoms with Crippen molar-refractivity contribution in [2.75, 3.05) is 13.1 Å². The highest BCUT2D eigenvalue weighted by molar-refractivity contribution is 5.79. The normalized spacial score (nSPS) is 11.6. The first-order chi connectivity index (χ1) is 12.2. The summed E-state index contributed by atoms with van der Waals surface area (Å²) in [7, 11) is 2.00. The fourth-order valence-electron chi connectivity index (χ4n) is 2.83. The zero-order chi connectivity index (χ0) is 18.1. The van der Waals surface area contributed by atoms with E-state index in [2.05, 4.69) is 36.2 Å². The van der Waals surface area contributed by atoms with Crippen LogP contribution in [-0.4, -0.2) is 28.8 Å². The van der Waals surface area contributed by atoms with E-state index in [1.54, 1.807) is 6.26 Å². The van der Waals surface area contributed by atoms with Crippen LogP contribution in [0.25, 0.3) is 0 Å². The van der Waals surface area contributed by atoms with Crippen LogP contribution in [-0.2, 0) is 32.9 Å². The molecular formula is C19H29N5O. The highest BCUT2D eigenvalue weighted by Crippen LogP contribution is 2.16. The second-order valence-corrected chi connectivity index (χ2v) is 5.79. The Morgan fingerprint density at radius 3 is 2.84 bits per heavy atom. The molecule has 0 amide bonds. The van der Waals surface area contributed by atoms with E-state index >= 15 is 0 Å². The first kappa shape index (κ1) is 18.8. The van der Waals surface area contributed by atoms with Gasteiger partial charge >= 0.3 is 0 Å². The van der Waals surface area contributed by atoms with Crippen molar-refractivity contribution in [1.29, 1.82) is 0 Å². The van der Waals surface area contributed by atoms with Gasteiger partial charge in [-0.15, -0.1) is 6.58 Å². The maximum atomic E-state index is 5.36. The summed E-state index contributed by atoms with van der Waals surface area (Å²) in [5.74, 6) is 1.74. The van der Waals surface area contributed by atoms with Gasteiger partial charge in [0.05, 0.1) is 18.5 Å². The Bertz CT molecular complexity index is 685. The minimum Gasteiger partial charge on any atom is -0.469 e. The summed E-state index contributed by atoms with van der Waals surface area (Å²) in [4.78, 5) is 4.74. The molecule has 0 unspecified atom stereocenters. The van der Waals surface area contributed by atoms with Crippen molar-refractivity contribution in [3.8, 4) is 0 Å². The van der Waals surface area contributed by atoms with Gasteiger partial charge in [0.2, 0.25) is 0 Å². The van der Waals surface area contributed by atoms with Crippen molar-refractivity contribution < 1.29 is 4.42 Å². The number of aliphatic imine (C=N–C) groups is 1.